The Kier molecular flexibility index (Phi) is 2.90. The summed E-state index contributed by atoms with van der Waals surface area (Å²) in [5.41, 5.74) is 0. The Hall–Kier alpha value is -1.06. The molecule has 1 amide bonds. The third-order valence-electron chi connectivity index (χ3n) is 2.71. The van der Waals surface area contributed by atoms with E-state index in [1.54, 1.807) is 11.9 Å². The number of hydrogen-bond donors (Lipinski definition) is 1. The van der Waals surface area contributed by atoms with E-state index >= 15 is 0 Å². The minimum absolute atomic E-state index is 0.0192. The number of rotatable bonds is 3. The standard InChI is InChI=1S/C9H15NO3/c1-3-6(9(12)13)7-4-5-10(2)8(7)11/h6-7H,3-5H2,1-2H3,(H,12,13). The van der Waals surface area contributed by atoms with Crippen molar-refractivity contribution in [3.8, 4) is 0 Å². The molecule has 1 aliphatic rings. The summed E-state index contributed by atoms with van der Waals surface area (Å²) in [6.45, 7) is 2.50. The van der Waals surface area contributed by atoms with E-state index in [2.05, 4.69) is 0 Å². The van der Waals surface area contributed by atoms with Crippen LogP contribution in [0.4, 0.5) is 0 Å². The van der Waals surface area contributed by atoms with Gasteiger partial charge in [-0.25, -0.2) is 0 Å². The van der Waals surface area contributed by atoms with E-state index in [1.165, 1.54) is 0 Å². The van der Waals surface area contributed by atoms with Crippen LogP contribution in [0.25, 0.3) is 0 Å². The Morgan fingerprint density at radius 3 is 2.69 bits per heavy atom. The van der Waals surface area contributed by atoms with Gasteiger partial charge in [-0.1, -0.05) is 6.92 Å². The molecule has 1 rings (SSSR count). The molecule has 0 aromatic carbocycles. The lowest BCUT2D eigenvalue weighted by Gasteiger charge is -2.16. The SMILES string of the molecule is CCC(C(=O)O)C1CCN(C)C1=O. The zero-order chi connectivity index (χ0) is 10.0. The van der Waals surface area contributed by atoms with Crippen LogP contribution < -0.4 is 0 Å². The normalized spacial score (nSPS) is 24.9. The number of carbonyl (C=O) groups excluding carboxylic acids is 1. The molecule has 2 atom stereocenters. The van der Waals surface area contributed by atoms with Crippen molar-refractivity contribution < 1.29 is 14.7 Å². The second-order valence-electron chi connectivity index (χ2n) is 3.51. The van der Waals surface area contributed by atoms with Gasteiger partial charge < -0.3 is 10.0 Å². The van der Waals surface area contributed by atoms with E-state index < -0.39 is 11.9 Å². The molecule has 0 aliphatic carbocycles. The predicted octanol–water partition coefficient (Wildman–Crippen LogP) is 0.576. The summed E-state index contributed by atoms with van der Waals surface area (Å²) in [6, 6.07) is 0. The number of carboxylic acid groups (broad SMARTS) is 1. The van der Waals surface area contributed by atoms with Crippen LogP contribution in [0.1, 0.15) is 19.8 Å². The highest BCUT2D eigenvalue weighted by atomic mass is 16.4. The number of hydrogen-bond acceptors (Lipinski definition) is 2. The Morgan fingerprint density at radius 2 is 2.38 bits per heavy atom. The summed E-state index contributed by atoms with van der Waals surface area (Å²) in [7, 11) is 1.72. The summed E-state index contributed by atoms with van der Waals surface area (Å²) in [5, 5.41) is 8.87. The molecule has 74 valence electrons. The summed E-state index contributed by atoms with van der Waals surface area (Å²) >= 11 is 0. The van der Waals surface area contributed by atoms with Crippen molar-refractivity contribution in [1.29, 1.82) is 0 Å². The topological polar surface area (TPSA) is 57.6 Å². The zero-order valence-corrected chi connectivity index (χ0v) is 7.99. The largest absolute Gasteiger partial charge is 0.481 e. The first-order chi connectivity index (χ1) is 6.07. The first-order valence-electron chi connectivity index (χ1n) is 4.55. The van der Waals surface area contributed by atoms with Gasteiger partial charge in [0.05, 0.1) is 11.8 Å². The molecule has 2 unspecified atom stereocenters. The molecule has 1 heterocycles. The van der Waals surface area contributed by atoms with Crippen LogP contribution in [-0.2, 0) is 9.59 Å². The Bertz CT molecular complexity index is 227. The first-order valence-corrected chi connectivity index (χ1v) is 4.55. The van der Waals surface area contributed by atoms with E-state index in [0.29, 0.717) is 19.4 Å². The fourth-order valence-electron chi connectivity index (χ4n) is 1.85. The van der Waals surface area contributed by atoms with E-state index in [-0.39, 0.29) is 11.8 Å². The van der Waals surface area contributed by atoms with Gasteiger partial charge in [-0.15, -0.1) is 0 Å². The maximum Gasteiger partial charge on any atom is 0.307 e. The van der Waals surface area contributed by atoms with Gasteiger partial charge >= 0.3 is 5.97 Å². The molecule has 0 aromatic heterocycles. The average molecular weight is 185 g/mol. The van der Waals surface area contributed by atoms with E-state index in [1.807, 2.05) is 6.92 Å². The number of aliphatic carboxylic acids is 1. The van der Waals surface area contributed by atoms with Crippen molar-refractivity contribution in [3.05, 3.63) is 0 Å². The van der Waals surface area contributed by atoms with Gasteiger partial charge in [0, 0.05) is 13.6 Å². The second kappa shape index (κ2) is 3.77. The molecule has 0 aromatic rings. The van der Waals surface area contributed by atoms with E-state index in [4.69, 9.17) is 5.11 Å². The van der Waals surface area contributed by atoms with Crippen LogP contribution in [-0.4, -0.2) is 35.5 Å². The second-order valence-corrected chi connectivity index (χ2v) is 3.51. The van der Waals surface area contributed by atoms with Crippen molar-refractivity contribution in [2.75, 3.05) is 13.6 Å². The number of amides is 1. The van der Waals surface area contributed by atoms with Gasteiger partial charge in [-0.2, -0.15) is 0 Å². The van der Waals surface area contributed by atoms with Crippen LogP contribution in [0, 0.1) is 11.8 Å². The lowest BCUT2D eigenvalue weighted by molar-refractivity contribution is -0.147. The maximum absolute atomic E-state index is 11.5. The van der Waals surface area contributed by atoms with Crippen LogP contribution in [0.15, 0.2) is 0 Å². The quantitative estimate of drug-likeness (QED) is 0.699. The molecule has 1 N–H and O–H groups in total. The molecule has 4 heteroatoms. The average Bonchev–Trinajstić information content (AvgIpc) is 2.37. The molecular weight excluding hydrogens is 170 g/mol. The van der Waals surface area contributed by atoms with Crippen LogP contribution in [0.5, 0.6) is 0 Å². The Morgan fingerprint density at radius 1 is 1.77 bits per heavy atom. The number of carboxylic acids is 1. The highest BCUT2D eigenvalue weighted by Gasteiger charge is 2.38. The molecule has 4 nitrogen and oxygen atoms in total. The molecule has 0 saturated carbocycles. The van der Waals surface area contributed by atoms with Gasteiger partial charge in [-0.05, 0) is 12.8 Å². The molecule has 1 fully saturated rings. The lowest BCUT2D eigenvalue weighted by Crippen LogP contribution is -2.30. The van der Waals surface area contributed by atoms with Gasteiger partial charge in [0.2, 0.25) is 5.91 Å². The third kappa shape index (κ3) is 1.82. The summed E-state index contributed by atoms with van der Waals surface area (Å²) in [6.07, 6.45) is 1.21. The zero-order valence-electron chi connectivity index (χ0n) is 7.99. The van der Waals surface area contributed by atoms with Crippen molar-refractivity contribution >= 4 is 11.9 Å². The lowest BCUT2D eigenvalue weighted by atomic mass is 9.89. The fourth-order valence-corrected chi connectivity index (χ4v) is 1.85. The predicted molar refractivity (Wildman–Crippen MR) is 47.2 cm³/mol. The molecule has 0 spiro atoms. The third-order valence-corrected chi connectivity index (χ3v) is 2.71. The molecular formula is C9H15NO3. The van der Waals surface area contributed by atoms with Gasteiger partial charge in [0.25, 0.3) is 0 Å². The molecule has 1 aliphatic heterocycles. The monoisotopic (exact) mass is 185 g/mol. The highest BCUT2D eigenvalue weighted by molar-refractivity contribution is 5.86. The Balaban J connectivity index is 2.71. The van der Waals surface area contributed by atoms with Gasteiger partial charge in [0.1, 0.15) is 0 Å². The molecule has 0 radical (unpaired) electrons. The van der Waals surface area contributed by atoms with Crippen LogP contribution in [0.2, 0.25) is 0 Å². The van der Waals surface area contributed by atoms with Crippen molar-refractivity contribution in [3.63, 3.8) is 0 Å². The van der Waals surface area contributed by atoms with Crippen molar-refractivity contribution in [1.82, 2.24) is 4.90 Å². The van der Waals surface area contributed by atoms with Crippen molar-refractivity contribution in [2.24, 2.45) is 11.8 Å². The highest BCUT2D eigenvalue weighted by Crippen LogP contribution is 2.26. The minimum Gasteiger partial charge on any atom is -0.481 e. The molecule has 0 bridgehead atoms. The first kappa shape index (κ1) is 10.0. The summed E-state index contributed by atoms with van der Waals surface area (Å²) < 4.78 is 0. The number of likely N-dealkylation sites (tertiary alicyclic amines) is 1. The Labute approximate surface area is 77.5 Å². The van der Waals surface area contributed by atoms with Gasteiger partial charge in [0.15, 0.2) is 0 Å². The maximum atomic E-state index is 11.5. The smallest absolute Gasteiger partial charge is 0.307 e. The number of nitrogens with zero attached hydrogens (tertiary/aromatic N) is 1. The number of carbonyl (C=O) groups is 2. The van der Waals surface area contributed by atoms with E-state index in [0.717, 1.165) is 0 Å². The molecule has 1 saturated heterocycles. The van der Waals surface area contributed by atoms with Crippen molar-refractivity contribution in [2.45, 2.75) is 19.8 Å². The fraction of sp³-hybridized carbons (Fsp3) is 0.778. The van der Waals surface area contributed by atoms with E-state index in [9.17, 15) is 9.59 Å². The molecule has 13 heavy (non-hydrogen) atoms. The minimum atomic E-state index is -0.851. The van der Waals surface area contributed by atoms with Crippen LogP contribution >= 0.6 is 0 Å². The summed E-state index contributed by atoms with van der Waals surface area (Å²) in [4.78, 5) is 23.9. The van der Waals surface area contributed by atoms with Crippen LogP contribution in [0.3, 0.4) is 0 Å². The summed E-state index contributed by atoms with van der Waals surface area (Å²) in [5.74, 6) is -1.67. The van der Waals surface area contributed by atoms with Gasteiger partial charge in [-0.3, -0.25) is 9.59 Å².